The Morgan fingerprint density at radius 1 is 1.17 bits per heavy atom. The van der Waals surface area contributed by atoms with E-state index in [1.165, 1.54) is 18.2 Å². The number of carbonyl (C=O) groups is 1. The van der Waals surface area contributed by atoms with Gasteiger partial charge in [-0.15, -0.1) is 5.10 Å². The molecule has 1 aromatic heterocycles. The summed E-state index contributed by atoms with van der Waals surface area (Å²) in [6.07, 6.45) is 0. The number of halogens is 2. The molecule has 3 rings (SSSR count). The van der Waals surface area contributed by atoms with Gasteiger partial charge in [-0.25, -0.2) is 9.18 Å². The Morgan fingerprint density at radius 2 is 1.96 bits per heavy atom. The molecule has 116 valence electrons. The monoisotopic (exact) mass is 348 g/mol. The number of carbonyl (C=O) groups excluding carboxylic acids is 1. The molecular weight excluding hydrogens is 339 g/mol. The highest BCUT2D eigenvalue weighted by atomic mass is 35.5. The fourth-order valence-electron chi connectivity index (χ4n) is 1.98. The van der Waals surface area contributed by atoms with Crippen LogP contribution in [-0.2, 0) is 11.3 Å². The summed E-state index contributed by atoms with van der Waals surface area (Å²) in [7, 11) is 0. The molecule has 0 aliphatic rings. The first-order valence-corrected chi connectivity index (χ1v) is 7.79. The van der Waals surface area contributed by atoms with E-state index in [-0.39, 0.29) is 22.1 Å². The average molecular weight is 349 g/mol. The van der Waals surface area contributed by atoms with Gasteiger partial charge in [-0.1, -0.05) is 52.5 Å². The Labute approximate surface area is 140 Å². The van der Waals surface area contributed by atoms with E-state index in [4.69, 9.17) is 16.3 Å². The van der Waals surface area contributed by atoms with Crippen LogP contribution in [0.1, 0.15) is 15.2 Å². The minimum Gasteiger partial charge on any atom is -0.456 e. The maximum absolute atomic E-state index is 13.7. The Hall–Kier alpha value is -2.31. The van der Waals surface area contributed by atoms with E-state index in [1.807, 2.05) is 30.3 Å². The molecule has 2 aromatic carbocycles. The van der Waals surface area contributed by atoms with Crippen molar-refractivity contribution in [3.05, 3.63) is 69.8 Å². The van der Waals surface area contributed by atoms with Crippen molar-refractivity contribution < 1.29 is 13.9 Å². The minimum absolute atomic E-state index is 0.140. The first-order valence-electron chi connectivity index (χ1n) is 6.64. The molecular formula is C16H10ClFN2O2S. The first-order chi connectivity index (χ1) is 11.2. The van der Waals surface area contributed by atoms with Gasteiger partial charge in [0.1, 0.15) is 18.1 Å². The SMILES string of the molecule is O=C(OCc1c(F)cccc1Cl)c1snnc1-c1ccccc1. The van der Waals surface area contributed by atoms with E-state index in [2.05, 4.69) is 9.59 Å². The summed E-state index contributed by atoms with van der Waals surface area (Å²) in [5.41, 5.74) is 1.35. The summed E-state index contributed by atoms with van der Waals surface area (Å²) in [6, 6.07) is 13.5. The zero-order valence-corrected chi connectivity index (χ0v) is 13.3. The summed E-state index contributed by atoms with van der Waals surface area (Å²) in [4.78, 5) is 12.5. The van der Waals surface area contributed by atoms with Gasteiger partial charge in [-0.05, 0) is 23.7 Å². The molecule has 0 aliphatic heterocycles. The van der Waals surface area contributed by atoms with Gasteiger partial charge < -0.3 is 4.74 Å². The highest BCUT2D eigenvalue weighted by Gasteiger charge is 2.20. The van der Waals surface area contributed by atoms with E-state index >= 15 is 0 Å². The van der Waals surface area contributed by atoms with Crippen molar-refractivity contribution in [1.82, 2.24) is 9.59 Å². The number of hydrogen-bond donors (Lipinski definition) is 0. The minimum atomic E-state index is -0.613. The van der Waals surface area contributed by atoms with Crippen LogP contribution in [0.3, 0.4) is 0 Å². The second-order valence-corrected chi connectivity index (χ2v) is 5.75. The number of nitrogens with zero attached hydrogens (tertiary/aromatic N) is 2. The van der Waals surface area contributed by atoms with Crippen LogP contribution >= 0.6 is 23.1 Å². The van der Waals surface area contributed by atoms with Crippen LogP contribution in [0.5, 0.6) is 0 Å². The molecule has 0 aliphatic carbocycles. The fraction of sp³-hybridized carbons (Fsp3) is 0.0625. The molecule has 0 unspecified atom stereocenters. The molecule has 0 N–H and O–H groups in total. The van der Waals surface area contributed by atoms with Gasteiger partial charge in [-0.2, -0.15) is 0 Å². The maximum atomic E-state index is 13.7. The second-order valence-electron chi connectivity index (χ2n) is 4.59. The van der Waals surface area contributed by atoms with E-state index in [1.54, 1.807) is 0 Å². The van der Waals surface area contributed by atoms with E-state index in [9.17, 15) is 9.18 Å². The molecule has 4 nitrogen and oxygen atoms in total. The normalized spacial score (nSPS) is 10.5. The van der Waals surface area contributed by atoms with Crippen LogP contribution in [0.4, 0.5) is 4.39 Å². The van der Waals surface area contributed by atoms with Crippen molar-refractivity contribution >= 4 is 29.1 Å². The third kappa shape index (κ3) is 3.38. The summed E-state index contributed by atoms with van der Waals surface area (Å²) in [6.45, 7) is -0.254. The van der Waals surface area contributed by atoms with Crippen molar-refractivity contribution in [2.75, 3.05) is 0 Å². The molecule has 0 radical (unpaired) electrons. The second kappa shape index (κ2) is 6.85. The van der Waals surface area contributed by atoms with Gasteiger partial charge >= 0.3 is 5.97 Å². The zero-order valence-electron chi connectivity index (χ0n) is 11.7. The van der Waals surface area contributed by atoms with Crippen LogP contribution in [0.15, 0.2) is 48.5 Å². The largest absolute Gasteiger partial charge is 0.456 e. The quantitative estimate of drug-likeness (QED) is 0.657. The standard InChI is InChI=1S/C16H10ClFN2O2S/c17-12-7-4-8-13(18)11(12)9-22-16(21)15-14(19-20-23-15)10-5-2-1-3-6-10/h1-8H,9H2. The van der Waals surface area contributed by atoms with Crippen LogP contribution < -0.4 is 0 Å². The molecule has 0 bridgehead atoms. The van der Waals surface area contributed by atoms with Crippen molar-refractivity contribution in [3.63, 3.8) is 0 Å². The summed E-state index contributed by atoms with van der Waals surface area (Å²) in [5.74, 6) is -1.13. The molecule has 0 fully saturated rings. The highest BCUT2D eigenvalue weighted by molar-refractivity contribution is 7.08. The number of hydrogen-bond acceptors (Lipinski definition) is 5. The van der Waals surface area contributed by atoms with Gasteiger partial charge in [0.2, 0.25) is 0 Å². The Kier molecular flexibility index (Phi) is 4.64. The van der Waals surface area contributed by atoms with Gasteiger partial charge in [-0.3, -0.25) is 0 Å². The predicted octanol–water partition coefficient (Wildman–Crippen LogP) is 4.35. The van der Waals surface area contributed by atoms with Crippen molar-refractivity contribution in [2.45, 2.75) is 6.61 Å². The lowest BCUT2D eigenvalue weighted by atomic mass is 10.1. The van der Waals surface area contributed by atoms with Gasteiger partial charge in [0.25, 0.3) is 0 Å². The number of benzene rings is 2. The van der Waals surface area contributed by atoms with Crippen LogP contribution in [-0.4, -0.2) is 15.6 Å². The van der Waals surface area contributed by atoms with Gasteiger partial charge in [0, 0.05) is 11.1 Å². The molecule has 0 amide bonds. The summed E-state index contributed by atoms with van der Waals surface area (Å²) < 4.78 is 22.7. The van der Waals surface area contributed by atoms with Crippen molar-refractivity contribution in [2.24, 2.45) is 0 Å². The summed E-state index contributed by atoms with van der Waals surface area (Å²) in [5, 5.41) is 4.18. The molecule has 0 saturated heterocycles. The molecule has 23 heavy (non-hydrogen) atoms. The molecule has 0 saturated carbocycles. The first kappa shape index (κ1) is 15.6. The molecule has 7 heteroatoms. The third-order valence-corrected chi connectivity index (χ3v) is 4.19. The van der Waals surface area contributed by atoms with Crippen LogP contribution in [0.25, 0.3) is 11.3 Å². The number of aromatic nitrogens is 2. The molecule has 1 heterocycles. The van der Waals surface area contributed by atoms with Crippen molar-refractivity contribution in [1.29, 1.82) is 0 Å². The Bertz CT molecular complexity index is 819. The Morgan fingerprint density at radius 3 is 2.70 bits per heavy atom. The lowest BCUT2D eigenvalue weighted by Gasteiger charge is -2.07. The number of ether oxygens (including phenoxy) is 1. The summed E-state index contributed by atoms with van der Waals surface area (Å²) >= 11 is 6.85. The van der Waals surface area contributed by atoms with Crippen molar-refractivity contribution in [3.8, 4) is 11.3 Å². The average Bonchev–Trinajstić information content (AvgIpc) is 3.05. The third-order valence-electron chi connectivity index (χ3n) is 3.13. The van der Waals surface area contributed by atoms with E-state index in [0.717, 1.165) is 17.1 Å². The predicted molar refractivity (Wildman–Crippen MR) is 85.9 cm³/mol. The Balaban J connectivity index is 1.79. The smallest absolute Gasteiger partial charge is 0.352 e. The topological polar surface area (TPSA) is 52.1 Å². The molecule has 3 aromatic rings. The molecule has 0 atom stereocenters. The highest BCUT2D eigenvalue weighted by Crippen LogP contribution is 2.25. The lowest BCUT2D eigenvalue weighted by molar-refractivity contribution is 0.0475. The van der Waals surface area contributed by atoms with Crippen LogP contribution in [0, 0.1) is 5.82 Å². The number of rotatable bonds is 4. The van der Waals surface area contributed by atoms with E-state index in [0.29, 0.717) is 5.69 Å². The molecule has 0 spiro atoms. The van der Waals surface area contributed by atoms with Gasteiger partial charge in [0.15, 0.2) is 4.88 Å². The number of esters is 1. The van der Waals surface area contributed by atoms with Crippen LogP contribution in [0.2, 0.25) is 5.02 Å². The lowest BCUT2D eigenvalue weighted by Crippen LogP contribution is -2.06. The maximum Gasteiger partial charge on any atom is 0.352 e. The fourth-order valence-corrected chi connectivity index (χ4v) is 2.78. The van der Waals surface area contributed by atoms with E-state index < -0.39 is 11.8 Å². The zero-order chi connectivity index (χ0) is 16.2. The van der Waals surface area contributed by atoms with Gasteiger partial charge in [0.05, 0.1) is 5.02 Å².